The van der Waals surface area contributed by atoms with Crippen LogP contribution < -0.4 is 0 Å². The highest BCUT2D eigenvalue weighted by atomic mass is 16.2. The van der Waals surface area contributed by atoms with E-state index < -0.39 is 0 Å². The fraction of sp³-hybridized carbons (Fsp3) is 0.812. The van der Waals surface area contributed by atoms with Gasteiger partial charge in [-0.15, -0.1) is 10.2 Å². The molecular weight excluding hydrogens is 264 g/mol. The molecule has 2 aliphatic rings. The van der Waals surface area contributed by atoms with Gasteiger partial charge in [-0.3, -0.25) is 4.79 Å². The van der Waals surface area contributed by atoms with Crippen LogP contribution in [0.3, 0.4) is 0 Å². The number of rotatable bonds is 4. The molecule has 0 N–H and O–H groups in total. The van der Waals surface area contributed by atoms with Gasteiger partial charge in [0.1, 0.15) is 12.2 Å². The number of hydrogen-bond donors (Lipinski definition) is 0. The maximum absolute atomic E-state index is 12.2. The second-order valence-corrected chi connectivity index (χ2v) is 6.85. The van der Waals surface area contributed by atoms with Crippen LogP contribution in [0.25, 0.3) is 0 Å². The molecular formula is C16H26N4O. The van der Waals surface area contributed by atoms with Crippen LogP contribution in [0, 0.1) is 11.8 Å². The Bertz CT molecular complexity index is 484. The van der Waals surface area contributed by atoms with Crippen molar-refractivity contribution < 1.29 is 4.79 Å². The zero-order valence-electron chi connectivity index (χ0n) is 13.2. The average molecular weight is 290 g/mol. The van der Waals surface area contributed by atoms with Crippen molar-refractivity contribution >= 4 is 5.91 Å². The molecule has 1 saturated heterocycles. The summed E-state index contributed by atoms with van der Waals surface area (Å²) in [6, 6.07) is 0.412. The molecule has 1 aromatic heterocycles. The van der Waals surface area contributed by atoms with E-state index in [1.54, 1.807) is 0 Å². The Balaban J connectivity index is 1.51. The maximum Gasteiger partial charge on any atom is 0.225 e. The van der Waals surface area contributed by atoms with Crippen molar-refractivity contribution in [1.29, 1.82) is 0 Å². The van der Waals surface area contributed by atoms with Crippen molar-refractivity contribution in [2.24, 2.45) is 11.8 Å². The van der Waals surface area contributed by atoms with E-state index in [0.717, 1.165) is 51.0 Å². The van der Waals surface area contributed by atoms with E-state index in [1.807, 2.05) is 6.33 Å². The highest BCUT2D eigenvalue weighted by Gasteiger charge is 2.31. The number of amides is 1. The molecule has 3 rings (SSSR count). The number of hydrogen-bond acceptors (Lipinski definition) is 3. The Kier molecular flexibility index (Phi) is 4.27. The molecule has 116 valence electrons. The molecule has 21 heavy (non-hydrogen) atoms. The molecule has 1 saturated carbocycles. The van der Waals surface area contributed by atoms with Crippen LogP contribution in [0.15, 0.2) is 6.33 Å². The summed E-state index contributed by atoms with van der Waals surface area (Å²) in [4.78, 5) is 14.3. The Labute approximate surface area is 126 Å². The first-order valence-corrected chi connectivity index (χ1v) is 8.32. The second-order valence-electron chi connectivity index (χ2n) is 6.85. The van der Waals surface area contributed by atoms with Crippen LogP contribution >= 0.6 is 0 Å². The predicted octanol–water partition coefficient (Wildman–Crippen LogP) is 2.44. The summed E-state index contributed by atoms with van der Waals surface area (Å²) in [6.45, 7) is 6.17. The minimum absolute atomic E-state index is 0.339. The van der Waals surface area contributed by atoms with Gasteiger partial charge in [0, 0.05) is 31.5 Å². The number of piperidine rings is 1. The molecule has 0 aromatic carbocycles. The molecule has 2 heterocycles. The van der Waals surface area contributed by atoms with Gasteiger partial charge in [0.25, 0.3) is 0 Å². The van der Waals surface area contributed by atoms with Gasteiger partial charge < -0.3 is 9.47 Å². The molecule has 0 bridgehead atoms. The Morgan fingerprint density at radius 2 is 2.00 bits per heavy atom. The van der Waals surface area contributed by atoms with Gasteiger partial charge in [0.2, 0.25) is 5.91 Å². The molecule has 2 fully saturated rings. The van der Waals surface area contributed by atoms with E-state index in [9.17, 15) is 4.79 Å². The smallest absolute Gasteiger partial charge is 0.225 e. The summed E-state index contributed by atoms with van der Waals surface area (Å²) in [6.07, 6.45) is 8.47. The third-order valence-corrected chi connectivity index (χ3v) is 5.06. The molecule has 0 spiro atoms. The molecule has 1 aliphatic carbocycles. The number of carbonyl (C=O) groups excluding carboxylic acids is 1. The average Bonchev–Trinajstić information content (AvgIpc) is 2.86. The quantitative estimate of drug-likeness (QED) is 0.856. The predicted molar refractivity (Wildman–Crippen MR) is 80.8 cm³/mol. The van der Waals surface area contributed by atoms with Gasteiger partial charge in [0.15, 0.2) is 0 Å². The standard InChI is InChI=1S/C16H26N4O/c1-12(2)20-11-17-18-15(20)10-13-6-8-19(9-7-13)16(21)14-4-3-5-14/h11-14H,3-10H2,1-2H3. The van der Waals surface area contributed by atoms with E-state index >= 15 is 0 Å². The van der Waals surface area contributed by atoms with Crippen molar-refractivity contribution in [2.75, 3.05) is 13.1 Å². The summed E-state index contributed by atoms with van der Waals surface area (Å²) in [7, 11) is 0. The van der Waals surface area contributed by atoms with Gasteiger partial charge >= 0.3 is 0 Å². The first-order chi connectivity index (χ1) is 10.1. The SMILES string of the molecule is CC(C)n1cnnc1CC1CCN(C(=O)C2CCC2)CC1. The van der Waals surface area contributed by atoms with Gasteiger partial charge in [-0.25, -0.2) is 0 Å². The zero-order chi connectivity index (χ0) is 14.8. The van der Waals surface area contributed by atoms with Crippen LogP contribution in [0.2, 0.25) is 0 Å². The summed E-state index contributed by atoms with van der Waals surface area (Å²) in [5.41, 5.74) is 0. The summed E-state index contributed by atoms with van der Waals surface area (Å²) >= 11 is 0. The zero-order valence-corrected chi connectivity index (χ0v) is 13.2. The van der Waals surface area contributed by atoms with Crippen molar-refractivity contribution in [2.45, 2.75) is 58.4 Å². The highest BCUT2D eigenvalue weighted by molar-refractivity contribution is 5.79. The van der Waals surface area contributed by atoms with Crippen LogP contribution in [-0.4, -0.2) is 38.7 Å². The Morgan fingerprint density at radius 3 is 2.57 bits per heavy atom. The van der Waals surface area contributed by atoms with E-state index in [0.29, 0.717) is 23.8 Å². The van der Waals surface area contributed by atoms with Crippen molar-refractivity contribution in [3.05, 3.63) is 12.2 Å². The lowest BCUT2D eigenvalue weighted by atomic mass is 9.83. The Hall–Kier alpha value is -1.39. The van der Waals surface area contributed by atoms with E-state index in [1.165, 1.54) is 6.42 Å². The minimum atomic E-state index is 0.339. The number of nitrogens with zero attached hydrogens (tertiary/aromatic N) is 4. The molecule has 1 amide bonds. The van der Waals surface area contributed by atoms with Crippen molar-refractivity contribution in [1.82, 2.24) is 19.7 Å². The van der Waals surface area contributed by atoms with Crippen molar-refractivity contribution in [3.63, 3.8) is 0 Å². The molecule has 5 heteroatoms. The lowest BCUT2D eigenvalue weighted by molar-refractivity contribution is -0.139. The van der Waals surface area contributed by atoms with Gasteiger partial charge in [-0.1, -0.05) is 6.42 Å². The summed E-state index contributed by atoms with van der Waals surface area (Å²) in [5, 5.41) is 8.31. The third kappa shape index (κ3) is 3.11. The lowest BCUT2D eigenvalue weighted by Crippen LogP contribution is -2.43. The van der Waals surface area contributed by atoms with E-state index in [2.05, 4.69) is 33.5 Å². The first kappa shape index (κ1) is 14.5. The van der Waals surface area contributed by atoms with Crippen LogP contribution in [0.5, 0.6) is 0 Å². The minimum Gasteiger partial charge on any atom is -0.342 e. The third-order valence-electron chi connectivity index (χ3n) is 5.06. The van der Waals surface area contributed by atoms with Gasteiger partial charge in [0.05, 0.1) is 0 Å². The fourth-order valence-electron chi connectivity index (χ4n) is 3.37. The first-order valence-electron chi connectivity index (χ1n) is 8.32. The molecule has 5 nitrogen and oxygen atoms in total. The normalized spacial score (nSPS) is 20.8. The second kappa shape index (κ2) is 6.16. The van der Waals surface area contributed by atoms with E-state index in [-0.39, 0.29) is 0 Å². The molecule has 1 aromatic rings. The van der Waals surface area contributed by atoms with Crippen LogP contribution in [-0.2, 0) is 11.2 Å². The summed E-state index contributed by atoms with van der Waals surface area (Å²) in [5.74, 6) is 2.47. The van der Waals surface area contributed by atoms with Gasteiger partial charge in [-0.05, 0) is 45.4 Å². The molecule has 0 atom stereocenters. The Morgan fingerprint density at radius 1 is 1.29 bits per heavy atom. The molecule has 0 unspecified atom stereocenters. The monoisotopic (exact) mass is 290 g/mol. The number of aromatic nitrogens is 3. The highest BCUT2D eigenvalue weighted by Crippen LogP contribution is 2.30. The largest absolute Gasteiger partial charge is 0.342 e. The fourth-order valence-corrected chi connectivity index (χ4v) is 3.37. The van der Waals surface area contributed by atoms with Crippen molar-refractivity contribution in [3.8, 4) is 0 Å². The molecule has 1 aliphatic heterocycles. The lowest BCUT2D eigenvalue weighted by Gasteiger charge is -2.36. The molecule has 0 radical (unpaired) electrons. The summed E-state index contributed by atoms with van der Waals surface area (Å²) < 4.78 is 2.16. The van der Waals surface area contributed by atoms with E-state index in [4.69, 9.17) is 0 Å². The number of carbonyl (C=O) groups is 1. The topological polar surface area (TPSA) is 51.0 Å². The number of likely N-dealkylation sites (tertiary alicyclic amines) is 1. The maximum atomic E-state index is 12.2. The van der Waals surface area contributed by atoms with Gasteiger partial charge in [-0.2, -0.15) is 0 Å². The van der Waals surface area contributed by atoms with Crippen LogP contribution in [0.1, 0.15) is 57.8 Å². The van der Waals surface area contributed by atoms with Crippen LogP contribution in [0.4, 0.5) is 0 Å².